The Hall–Kier alpha value is -3.32. The Balaban J connectivity index is 1.53. The highest BCUT2D eigenvalue weighted by atomic mass is 32.2. The summed E-state index contributed by atoms with van der Waals surface area (Å²) in [7, 11) is 0. The third-order valence-electron chi connectivity index (χ3n) is 4.98. The summed E-state index contributed by atoms with van der Waals surface area (Å²) in [4.78, 5) is 38.0. The molecular formula is C23H20N2O4S. The first-order chi connectivity index (χ1) is 14.5. The number of benzene rings is 2. The van der Waals surface area contributed by atoms with Gasteiger partial charge in [-0.1, -0.05) is 48.5 Å². The summed E-state index contributed by atoms with van der Waals surface area (Å²) in [5, 5.41) is 9.72. The SMILES string of the molecule is O=C(O)Cn1cc(/C=C2\SC(=O)N(CCCc3ccccc3)C2=O)c2ccccc21. The van der Waals surface area contributed by atoms with Gasteiger partial charge in [-0.05, 0) is 42.3 Å². The highest BCUT2D eigenvalue weighted by Gasteiger charge is 2.34. The summed E-state index contributed by atoms with van der Waals surface area (Å²) in [6, 6.07) is 17.4. The number of hydrogen-bond donors (Lipinski definition) is 1. The van der Waals surface area contributed by atoms with Crippen molar-refractivity contribution in [3.05, 3.63) is 76.8 Å². The monoisotopic (exact) mass is 420 g/mol. The molecule has 7 heteroatoms. The summed E-state index contributed by atoms with van der Waals surface area (Å²) in [5.41, 5.74) is 2.67. The fourth-order valence-electron chi connectivity index (χ4n) is 3.59. The minimum absolute atomic E-state index is 0.171. The van der Waals surface area contributed by atoms with Crippen molar-refractivity contribution in [2.75, 3.05) is 6.54 Å². The first kappa shape index (κ1) is 20.0. The topological polar surface area (TPSA) is 79.6 Å². The minimum atomic E-state index is -0.943. The van der Waals surface area contributed by atoms with E-state index in [0.717, 1.165) is 34.6 Å². The van der Waals surface area contributed by atoms with Gasteiger partial charge in [-0.2, -0.15) is 0 Å². The maximum atomic E-state index is 12.8. The number of aromatic nitrogens is 1. The molecule has 2 amide bonds. The van der Waals surface area contributed by atoms with Gasteiger partial charge in [-0.3, -0.25) is 19.3 Å². The molecular weight excluding hydrogens is 400 g/mol. The molecule has 1 aromatic heterocycles. The number of amides is 2. The maximum absolute atomic E-state index is 12.8. The van der Waals surface area contributed by atoms with Crippen LogP contribution in [0.2, 0.25) is 0 Å². The van der Waals surface area contributed by atoms with Crippen LogP contribution >= 0.6 is 11.8 Å². The lowest BCUT2D eigenvalue weighted by Gasteiger charge is -2.12. The lowest BCUT2D eigenvalue weighted by Crippen LogP contribution is -2.29. The number of nitrogens with zero attached hydrogens (tertiary/aromatic N) is 2. The van der Waals surface area contributed by atoms with E-state index in [1.54, 1.807) is 16.8 Å². The van der Waals surface area contributed by atoms with Crippen LogP contribution < -0.4 is 0 Å². The number of carboxylic acid groups (broad SMARTS) is 1. The molecule has 2 aromatic carbocycles. The first-order valence-corrected chi connectivity index (χ1v) is 10.4. The molecule has 0 radical (unpaired) electrons. The molecule has 6 nitrogen and oxygen atoms in total. The number of aryl methyl sites for hydroxylation is 1. The smallest absolute Gasteiger partial charge is 0.323 e. The first-order valence-electron chi connectivity index (χ1n) is 9.62. The number of para-hydroxylation sites is 1. The number of thioether (sulfide) groups is 1. The Morgan fingerprint density at radius 1 is 1.03 bits per heavy atom. The van der Waals surface area contributed by atoms with Gasteiger partial charge < -0.3 is 9.67 Å². The molecule has 1 fully saturated rings. The standard InChI is InChI=1S/C23H20N2O4S/c26-21(27)15-24-14-17(18-10-4-5-11-19(18)24)13-20-22(28)25(23(29)30-20)12-6-9-16-7-2-1-3-8-16/h1-5,7-8,10-11,13-14H,6,9,12,15H2,(H,26,27)/b20-13-. The largest absolute Gasteiger partial charge is 0.480 e. The zero-order valence-corrected chi connectivity index (χ0v) is 17.0. The summed E-state index contributed by atoms with van der Waals surface area (Å²) in [6.07, 6.45) is 4.89. The van der Waals surface area contributed by atoms with Crippen LogP contribution in [-0.2, 0) is 22.6 Å². The van der Waals surface area contributed by atoms with E-state index in [0.29, 0.717) is 17.9 Å². The van der Waals surface area contributed by atoms with Gasteiger partial charge in [0.1, 0.15) is 6.54 Å². The van der Waals surface area contributed by atoms with Crippen LogP contribution in [0, 0.1) is 0 Å². The van der Waals surface area contributed by atoms with E-state index in [1.807, 2.05) is 54.6 Å². The molecule has 1 aliphatic rings. The molecule has 2 heterocycles. The van der Waals surface area contributed by atoms with Crippen LogP contribution in [0.3, 0.4) is 0 Å². The van der Waals surface area contributed by atoms with Crippen molar-refractivity contribution in [2.24, 2.45) is 0 Å². The van der Waals surface area contributed by atoms with Crippen molar-refractivity contribution in [1.29, 1.82) is 0 Å². The van der Waals surface area contributed by atoms with Crippen LogP contribution in [0.25, 0.3) is 17.0 Å². The molecule has 1 N–H and O–H groups in total. The molecule has 30 heavy (non-hydrogen) atoms. The fraction of sp³-hybridized carbons (Fsp3) is 0.174. The molecule has 0 spiro atoms. The van der Waals surface area contributed by atoms with Gasteiger partial charge in [0.25, 0.3) is 11.1 Å². The highest BCUT2D eigenvalue weighted by molar-refractivity contribution is 8.18. The van der Waals surface area contributed by atoms with Gasteiger partial charge in [0.15, 0.2) is 0 Å². The van der Waals surface area contributed by atoms with Crippen LogP contribution in [-0.4, -0.2) is 38.2 Å². The number of carboxylic acids is 1. The minimum Gasteiger partial charge on any atom is -0.480 e. The molecule has 1 saturated heterocycles. The van der Waals surface area contributed by atoms with Crippen molar-refractivity contribution in [1.82, 2.24) is 9.47 Å². The van der Waals surface area contributed by atoms with Gasteiger partial charge in [0.05, 0.1) is 4.91 Å². The second-order valence-corrected chi connectivity index (χ2v) is 8.04. The second kappa shape index (κ2) is 8.59. The lowest BCUT2D eigenvalue weighted by atomic mass is 10.1. The normalized spacial score (nSPS) is 15.5. The van der Waals surface area contributed by atoms with E-state index in [4.69, 9.17) is 5.11 Å². The molecule has 0 unspecified atom stereocenters. The number of rotatable bonds is 7. The maximum Gasteiger partial charge on any atom is 0.323 e. The van der Waals surface area contributed by atoms with Crippen molar-refractivity contribution in [2.45, 2.75) is 19.4 Å². The molecule has 152 valence electrons. The molecule has 0 bridgehead atoms. The van der Waals surface area contributed by atoms with Crippen molar-refractivity contribution < 1.29 is 19.5 Å². The Labute approximate surface area is 177 Å². The summed E-state index contributed by atoms with van der Waals surface area (Å²) in [6.45, 7) is 0.201. The Morgan fingerprint density at radius 2 is 1.77 bits per heavy atom. The number of imide groups is 1. The van der Waals surface area contributed by atoms with Crippen LogP contribution in [0.1, 0.15) is 17.5 Å². The predicted octanol–water partition coefficient (Wildman–Crippen LogP) is 4.40. The predicted molar refractivity (Wildman–Crippen MR) is 117 cm³/mol. The quantitative estimate of drug-likeness (QED) is 0.573. The van der Waals surface area contributed by atoms with Crippen molar-refractivity contribution in [3.63, 3.8) is 0 Å². The fourth-order valence-corrected chi connectivity index (χ4v) is 4.44. The molecule has 0 saturated carbocycles. The molecule has 3 aromatic rings. The summed E-state index contributed by atoms with van der Waals surface area (Å²) >= 11 is 0.928. The Morgan fingerprint density at radius 3 is 2.53 bits per heavy atom. The van der Waals surface area contributed by atoms with Gasteiger partial charge in [-0.25, -0.2) is 0 Å². The van der Waals surface area contributed by atoms with E-state index < -0.39 is 5.97 Å². The zero-order valence-electron chi connectivity index (χ0n) is 16.2. The van der Waals surface area contributed by atoms with E-state index in [2.05, 4.69) is 0 Å². The van der Waals surface area contributed by atoms with E-state index in [9.17, 15) is 14.4 Å². The molecule has 0 atom stereocenters. The number of carbonyl (C=O) groups is 3. The average molecular weight is 420 g/mol. The zero-order chi connectivity index (χ0) is 21.1. The number of fused-ring (bicyclic) bond motifs is 1. The van der Waals surface area contributed by atoms with E-state index in [1.165, 1.54) is 10.5 Å². The van der Waals surface area contributed by atoms with Gasteiger partial charge in [0.2, 0.25) is 0 Å². The number of hydrogen-bond acceptors (Lipinski definition) is 4. The average Bonchev–Trinajstić information content (AvgIpc) is 3.20. The summed E-state index contributed by atoms with van der Waals surface area (Å²) < 4.78 is 1.63. The van der Waals surface area contributed by atoms with Crippen LogP contribution in [0.15, 0.2) is 65.7 Å². The van der Waals surface area contributed by atoms with E-state index in [-0.39, 0.29) is 17.7 Å². The van der Waals surface area contributed by atoms with Gasteiger partial charge in [0, 0.05) is 29.2 Å². The lowest BCUT2D eigenvalue weighted by molar-refractivity contribution is -0.137. The Bertz CT molecular complexity index is 1150. The second-order valence-electron chi connectivity index (χ2n) is 7.05. The highest BCUT2D eigenvalue weighted by Crippen LogP contribution is 2.34. The molecule has 1 aliphatic heterocycles. The molecule has 0 aliphatic carbocycles. The van der Waals surface area contributed by atoms with Crippen molar-refractivity contribution >= 4 is 45.9 Å². The number of carbonyl (C=O) groups excluding carboxylic acids is 2. The summed E-state index contributed by atoms with van der Waals surface area (Å²) in [5.74, 6) is -1.24. The van der Waals surface area contributed by atoms with Gasteiger partial charge in [-0.15, -0.1) is 0 Å². The third-order valence-corrected chi connectivity index (χ3v) is 5.88. The molecule has 4 rings (SSSR count). The van der Waals surface area contributed by atoms with Crippen LogP contribution in [0.5, 0.6) is 0 Å². The number of aliphatic carboxylic acids is 1. The third kappa shape index (κ3) is 4.16. The van der Waals surface area contributed by atoms with E-state index >= 15 is 0 Å². The van der Waals surface area contributed by atoms with Crippen LogP contribution in [0.4, 0.5) is 4.79 Å². The van der Waals surface area contributed by atoms with Crippen molar-refractivity contribution in [3.8, 4) is 0 Å². The van der Waals surface area contributed by atoms with Gasteiger partial charge >= 0.3 is 5.97 Å². The Kier molecular flexibility index (Phi) is 5.72.